The number of anilines is 1. The molecule has 0 bridgehead atoms. The first kappa shape index (κ1) is 19.1. The Hall–Kier alpha value is -2.22. The van der Waals surface area contributed by atoms with Gasteiger partial charge in [0.15, 0.2) is 4.32 Å². The first-order chi connectivity index (χ1) is 13.7. The molecule has 3 heterocycles. The molecule has 4 rings (SSSR count). The first-order valence-corrected chi connectivity index (χ1v) is 10.6. The van der Waals surface area contributed by atoms with Crippen LogP contribution in [-0.4, -0.2) is 57.7 Å². The van der Waals surface area contributed by atoms with Crippen LogP contribution in [-0.2, 0) is 11.2 Å². The van der Waals surface area contributed by atoms with Crippen LogP contribution < -0.4 is 4.90 Å². The van der Waals surface area contributed by atoms with Gasteiger partial charge in [0, 0.05) is 57.2 Å². The van der Waals surface area contributed by atoms with Crippen molar-refractivity contribution >= 4 is 39.9 Å². The van der Waals surface area contributed by atoms with Crippen molar-refractivity contribution in [3.05, 3.63) is 71.5 Å². The van der Waals surface area contributed by atoms with Crippen molar-refractivity contribution in [3.8, 4) is 0 Å². The Morgan fingerprint density at radius 2 is 1.79 bits per heavy atom. The van der Waals surface area contributed by atoms with Gasteiger partial charge in [-0.25, -0.2) is 0 Å². The molecule has 0 spiro atoms. The third-order valence-electron chi connectivity index (χ3n) is 4.93. The molecule has 5 nitrogen and oxygen atoms in total. The van der Waals surface area contributed by atoms with E-state index < -0.39 is 0 Å². The highest BCUT2D eigenvalue weighted by Crippen LogP contribution is 2.35. The number of carbonyl (C=O) groups excluding carboxylic acids is 1. The summed E-state index contributed by atoms with van der Waals surface area (Å²) in [4.78, 5) is 24.2. The average Bonchev–Trinajstić information content (AvgIpc) is 3.02. The molecule has 0 aliphatic carbocycles. The third-order valence-corrected chi connectivity index (χ3v) is 6.21. The molecule has 2 aromatic rings. The number of thiocarbonyl (C=S) groups is 1. The average molecular weight is 411 g/mol. The highest BCUT2D eigenvalue weighted by Gasteiger charge is 2.34. The summed E-state index contributed by atoms with van der Waals surface area (Å²) in [5.41, 5.74) is 1.96. The Balaban J connectivity index is 1.32. The molecule has 0 unspecified atom stereocenters. The van der Waals surface area contributed by atoms with Crippen molar-refractivity contribution in [3.63, 3.8) is 0 Å². The molecule has 2 aliphatic heterocycles. The lowest BCUT2D eigenvalue weighted by molar-refractivity contribution is -0.113. The lowest BCUT2D eigenvalue weighted by Gasteiger charge is -2.34. The number of pyridine rings is 1. The standard InChI is InChI=1S/C21H22N4OS2/c26-20-19(28-21(27)25(20)18-7-2-1-3-8-18)16-24-14-12-23(13-15-24)11-9-17-6-4-5-10-22-17/h1-8,10,16H,9,11-15H2/b19-16+. The largest absolute Gasteiger partial charge is 0.374 e. The molecule has 1 aromatic heterocycles. The van der Waals surface area contributed by atoms with E-state index >= 15 is 0 Å². The molecular weight excluding hydrogens is 388 g/mol. The van der Waals surface area contributed by atoms with E-state index in [1.54, 1.807) is 4.90 Å². The van der Waals surface area contributed by atoms with Gasteiger partial charge in [-0.05, 0) is 24.3 Å². The maximum atomic E-state index is 12.8. The van der Waals surface area contributed by atoms with Gasteiger partial charge < -0.3 is 4.90 Å². The molecule has 0 radical (unpaired) electrons. The summed E-state index contributed by atoms with van der Waals surface area (Å²) in [7, 11) is 0. The lowest BCUT2D eigenvalue weighted by atomic mass is 10.2. The van der Waals surface area contributed by atoms with Gasteiger partial charge in [-0.15, -0.1) is 0 Å². The number of benzene rings is 1. The predicted molar refractivity (Wildman–Crippen MR) is 118 cm³/mol. The van der Waals surface area contributed by atoms with E-state index in [4.69, 9.17) is 12.2 Å². The maximum Gasteiger partial charge on any atom is 0.272 e. The number of hydrogen-bond donors (Lipinski definition) is 0. The number of piperazine rings is 1. The Kier molecular flexibility index (Phi) is 6.04. The molecule has 0 saturated carbocycles. The van der Waals surface area contributed by atoms with E-state index in [1.807, 2.05) is 54.9 Å². The number of aromatic nitrogens is 1. The summed E-state index contributed by atoms with van der Waals surface area (Å²) >= 11 is 6.82. The third kappa shape index (κ3) is 4.43. The van der Waals surface area contributed by atoms with E-state index in [2.05, 4.69) is 20.9 Å². The second-order valence-electron chi connectivity index (χ2n) is 6.79. The van der Waals surface area contributed by atoms with E-state index in [9.17, 15) is 4.79 Å². The SMILES string of the molecule is O=C1/C(=C\N2CCN(CCc3ccccn3)CC2)SC(=S)N1c1ccccc1. The Morgan fingerprint density at radius 3 is 2.50 bits per heavy atom. The van der Waals surface area contributed by atoms with Gasteiger partial charge in [-0.3, -0.25) is 19.6 Å². The van der Waals surface area contributed by atoms with Crippen molar-refractivity contribution in [1.29, 1.82) is 0 Å². The van der Waals surface area contributed by atoms with Crippen molar-refractivity contribution in [2.45, 2.75) is 6.42 Å². The number of rotatable bonds is 5. The van der Waals surface area contributed by atoms with Crippen LogP contribution in [0.5, 0.6) is 0 Å². The van der Waals surface area contributed by atoms with Crippen LogP contribution in [0.3, 0.4) is 0 Å². The van der Waals surface area contributed by atoms with E-state index in [0.717, 1.165) is 50.5 Å². The Labute approximate surface area is 175 Å². The number of amides is 1. The molecule has 0 atom stereocenters. The van der Waals surface area contributed by atoms with E-state index in [0.29, 0.717) is 9.23 Å². The van der Waals surface area contributed by atoms with Gasteiger partial charge >= 0.3 is 0 Å². The highest BCUT2D eigenvalue weighted by atomic mass is 32.2. The fraction of sp³-hybridized carbons (Fsp3) is 0.286. The second-order valence-corrected chi connectivity index (χ2v) is 8.46. The topological polar surface area (TPSA) is 39.7 Å². The fourth-order valence-corrected chi connectivity index (χ4v) is 4.66. The van der Waals surface area contributed by atoms with Crippen LogP contribution in [0.15, 0.2) is 65.8 Å². The van der Waals surface area contributed by atoms with Gasteiger partial charge in [-0.1, -0.05) is 48.2 Å². The first-order valence-electron chi connectivity index (χ1n) is 9.40. The zero-order valence-electron chi connectivity index (χ0n) is 15.5. The van der Waals surface area contributed by atoms with Crippen molar-refractivity contribution in [2.75, 3.05) is 37.6 Å². The Bertz CT molecular complexity index is 864. The number of hydrogen-bond acceptors (Lipinski definition) is 6. The highest BCUT2D eigenvalue weighted by molar-refractivity contribution is 8.27. The molecule has 1 aromatic carbocycles. The van der Waals surface area contributed by atoms with Crippen LogP contribution in [0.4, 0.5) is 5.69 Å². The summed E-state index contributed by atoms with van der Waals surface area (Å²) in [6, 6.07) is 15.6. The molecule has 28 heavy (non-hydrogen) atoms. The van der Waals surface area contributed by atoms with Crippen LogP contribution in [0.1, 0.15) is 5.69 Å². The fourth-order valence-electron chi connectivity index (χ4n) is 3.36. The molecular formula is C21H22N4OS2. The predicted octanol–water partition coefficient (Wildman–Crippen LogP) is 3.15. The minimum atomic E-state index is -0.0289. The maximum absolute atomic E-state index is 12.8. The van der Waals surface area contributed by atoms with E-state index in [-0.39, 0.29) is 5.91 Å². The normalized spacial score (nSPS) is 19.6. The van der Waals surface area contributed by atoms with Gasteiger partial charge in [0.1, 0.15) is 0 Å². The summed E-state index contributed by atoms with van der Waals surface area (Å²) in [6.07, 6.45) is 4.80. The minimum Gasteiger partial charge on any atom is -0.374 e. The number of thioether (sulfide) groups is 1. The molecule has 2 fully saturated rings. The van der Waals surface area contributed by atoms with Gasteiger partial charge in [-0.2, -0.15) is 0 Å². The minimum absolute atomic E-state index is 0.0289. The van der Waals surface area contributed by atoms with Crippen LogP contribution in [0.2, 0.25) is 0 Å². The molecule has 0 N–H and O–H groups in total. The van der Waals surface area contributed by atoms with Crippen LogP contribution in [0, 0.1) is 0 Å². The Morgan fingerprint density at radius 1 is 1.04 bits per heavy atom. The number of carbonyl (C=O) groups is 1. The monoisotopic (exact) mass is 410 g/mol. The lowest BCUT2D eigenvalue weighted by Crippen LogP contribution is -2.45. The van der Waals surface area contributed by atoms with E-state index in [1.165, 1.54) is 11.8 Å². The smallest absolute Gasteiger partial charge is 0.272 e. The summed E-state index contributed by atoms with van der Waals surface area (Å²) in [6.45, 7) is 4.82. The summed E-state index contributed by atoms with van der Waals surface area (Å²) in [5, 5.41) is 0. The molecule has 2 aliphatic rings. The van der Waals surface area contributed by atoms with Crippen molar-refractivity contribution < 1.29 is 4.79 Å². The molecule has 144 valence electrons. The zero-order chi connectivity index (χ0) is 19.3. The second kappa shape index (κ2) is 8.86. The van der Waals surface area contributed by atoms with Crippen LogP contribution >= 0.6 is 24.0 Å². The summed E-state index contributed by atoms with van der Waals surface area (Å²) < 4.78 is 0.594. The quantitative estimate of drug-likeness (QED) is 0.557. The zero-order valence-corrected chi connectivity index (χ0v) is 17.2. The van der Waals surface area contributed by atoms with Crippen LogP contribution in [0.25, 0.3) is 0 Å². The van der Waals surface area contributed by atoms with Gasteiger partial charge in [0.05, 0.1) is 10.6 Å². The van der Waals surface area contributed by atoms with Gasteiger partial charge in [0.25, 0.3) is 5.91 Å². The summed E-state index contributed by atoms with van der Waals surface area (Å²) in [5.74, 6) is -0.0289. The van der Waals surface area contributed by atoms with Crippen molar-refractivity contribution in [2.24, 2.45) is 0 Å². The van der Waals surface area contributed by atoms with Crippen molar-refractivity contribution in [1.82, 2.24) is 14.8 Å². The number of para-hydroxylation sites is 1. The number of nitrogens with zero attached hydrogens (tertiary/aromatic N) is 4. The molecule has 7 heteroatoms. The van der Waals surface area contributed by atoms with Gasteiger partial charge in [0.2, 0.25) is 0 Å². The molecule has 1 amide bonds. The molecule has 2 saturated heterocycles.